The number of carboxylic acids is 1. The molecule has 2 aromatic carbocycles. The lowest BCUT2D eigenvalue weighted by Crippen LogP contribution is -2.39. The van der Waals surface area contributed by atoms with E-state index in [-0.39, 0.29) is 36.4 Å². The number of oxime groups is 1. The predicted molar refractivity (Wildman–Crippen MR) is 240 cm³/mol. The molecule has 2 aliphatic rings. The molecule has 0 unspecified atom stereocenters. The number of hydrogen-bond donors (Lipinski definition) is 4. The molecule has 2 aliphatic heterocycles. The van der Waals surface area contributed by atoms with Crippen LogP contribution in [0.1, 0.15) is 105 Å². The summed E-state index contributed by atoms with van der Waals surface area (Å²) in [4.78, 5) is 58.5. The Hall–Kier alpha value is -6.34. The molecule has 1 fully saturated rings. The molecule has 7 rings (SSSR count). The number of carbonyl (C=O) groups excluding carboxylic acids is 1. The number of likely N-dealkylation sites (tertiary alicyclic amines) is 1. The van der Waals surface area contributed by atoms with E-state index in [1.165, 1.54) is 4.57 Å². The molecule has 1 saturated heterocycles. The van der Waals surface area contributed by atoms with Crippen LogP contribution in [0.2, 0.25) is 0 Å². The van der Waals surface area contributed by atoms with Gasteiger partial charge in [-0.05, 0) is 87.7 Å². The maximum atomic E-state index is 13.1. The molecule has 1 atom stereocenters. The number of nitrogens with zero attached hydrogens (tertiary/aromatic N) is 9. The Morgan fingerprint density at radius 1 is 0.969 bits per heavy atom. The highest BCUT2D eigenvalue weighted by atomic mass is 16.6. The minimum atomic E-state index is -1.02. The number of nitrogen functional groups attached to an aromatic ring is 1. The summed E-state index contributed by atoms with van der Waals surface area (Å²) in [6, 6.07) is 12.8. The van der Waals surface area contributed by atoms with Gasteiger partial charge in [-0.1, -0.05) is 54.9 Å². The van der Waals surface area contributed by atoms with Crippen molar-refractivity contribution in [1.82, 2.24) is 44.1 Å². The number of nitrogens with one attached hydrogen (secondary N) is 1. The number of ether oxygens (including phenoxy) is 2. The van der Waals surface area contributed by atoms with Crippen molar-refractivity contribution in [3.63, 3.8) is 0 Å². The van der Waals surface area contributed by atoms with Gasteiger partial charge in [-0.25, -0.2) is 4.79 Å². The zero-order valence-corrected chi connectivity index (χ0v) is 37.0. The van der Waals surface area contributed by atoms with Gasteiger partial charge in [-0.2, -0.15) is 9.97 Å². The number of hydrogen-bond acceptors (Lipinski definition) is 14. The third kappa shape index (κ3) is 11.2. The first kappa shape index (κ1) is 45.7. The Labute approximate surface area is 371 Å². The van der Waals surface area contributed by atoms with Crippen LogP contribution in [-0.2, 0) is 47.0 Å². The summed E-state index contributed by atoms with van der Waals surface area (Å²) < 4.78 is 15.2. The maximum absolute atomic E-state index is 13.1. The Kier molecular flexibility index (Phi) is 15.2. The molecule has 64 heavy (non-hydrogen) atoms. The second kappa shape index (κ2) is 21.4. The molecule has 0 spiro atoms. The fraction of sp³-hybridized carbons (Fsp3) is 0.511. The van der Waals surface area contributed by atoms with E-state index in [0.29, 0.717) is 62.1 Å². The van der Waals surface area contributed by atoms with Gasteiger partial charge in [0, 0.05) is 37.5 Å². The van der Waals surface area contributed by atoms with Gasteiger partial charge in [0.1, 0.15) is 29.7 Å². The standard InChI is InChI=1S/C45H60N12O7/c1-4-5-22-63-44-49-40(47)39-42(50-44)57(45(61)48-39)27-34-15-12-31(25-36(34)62-3)26-54-18-16-33(17-19-54)41-52-51-37-28-55(20-21-56(37)41)38(58)9-7-6-8-23-64-53-29(2)32-13-10-30(11-14-32)24-35(46)43(59)60/h10-15,25,33,35H,4-9,16-24,26-28,46H2,1-3H3,(H,48,61)(H,59,60)(H2,47,49,50)/b53-29-/t35-/m0/s1. The molecule has 0 aliphatic carbocycles. The number of amides is 1. The number of rotatable bonds is 21. The molecule has 5 heterocycles. The van der Waals surface area contributed by atoms with Gasteiger partial charge in [0.15, 0.2) is 17.3 Å². The summed E-state index contributed by atoms with van der Waals surface area (Å²) in [6.45, 7) is 9.47. The lowest BCUT2D eigenvalue weighted by molar-refractivity contribution is -0.138. The first-order chi connectivity index (χ1) is 31.0. The monoisotopic (exact) mass is 880 g/mol. The highest BCUT2D eigenvalue weighted by molar-refractivity contribution is 5.98. The van der Waals surface area contributed by atoms with Crippen LogP contribution in [0.3, 0.4) is 0 Å². The maximum Gasteiger partial charge on any atom is 0.328 e. The zero-order valence-electron chi connectivity index (χ0n) is 37.0. The summed E-state index contributed by atoms with van der Waals surface area (Å²) in [6.07, 6.45) is 6.88. The Morgan fingerprint density at radius 2 is 1.75 bits per heavy atom. The van der Waals surface area contributed by atoms with Crippen LogP contribution in [0.4, 0.5) is 5.82 Å². The molecule has 6 N–H and O–H groups in total. The van der Waals surface area contributed by atoms with Gasteiger partial charge in [0.25, 0.3) is 0 Å². The molecule has 0 saturated carbocycles. The van der Waals surface area contributed by atoms with Gasteiger partial charge in [-0.15, -0.1) is 10.2 Å². The van der Waals surface area contributed by atoms with Crippen molar-refractivity contribution in [3.8, 4) is 11.8 Å². The van der Waals surface area contributed by atoms with Crippen molar-refractivity contribution >= 4 is 34.6 Å². The van der Waals surface area contributed by atoms with Crippen LogP contribution in [-0.4, -0.2) is 113 Å². The molecule has 19 nitrogen and oxygen atoms in total. The molecule has 5 aromatic rings. The van der Waals surface area contributed by atoms with E-state index < -0.39 is 12.0 Å². The third-order valence-corrected chi connectivity index (χ3v) is 12.0. The zero-order chi connectivity index (χ0) is 45.2. The Morgan fingerprint density at radius 3 is 2.50 bits per heavy atom. The van der Waals surface area contributed by atoms with Crippen LogP contribution in [0.25, 0.3) is 11.2 Å². The Balaban J connectivity index is 0.831. The largest absolute Gasteiger partial charge is 0.496 e. The number of methoxy groups -OCH3 is 1. The highest BCUT2D eigenvalue weighted by Gasteiger charge is 2.30. The number of piperidine rings is 1. The van der Waals surface area contributed by atoms with Gasteiger partial charge in [0.2, 0.25) is 5.91 Å². The number of aromatic nitrogens is 7. The molecule has 19 heteroatoms. The van der Waals surface area contributed by atoms with E-state index in [2.05, 4.69) is 52.8 Å². The average molecular weight is 881 g/mol. The van der Waals surface area contributed by atoms with Crippen LogP contribution in [0.5, 0.6) is 11.8 Å². The number of carboxylic acid groups (broad SMARTS) is 1. The van der Waals surface area contributed by atoms with Crippen LogP contribution in [0, 0.1) is 0 Å². The number of aliphatic carboxylic acids is 1. The van der Waals surface area contributed by atoms with Crippen molar-refractivity contribution in [1.29, 1.82) is 0 Å². The van der Waals surface area contributed by atoms with E-state index in [9.17, 15) is 14.4 Å². The van der Waals surface area contributed by atoms with Gasteiger partial charge in [0.05, 0.1) is 32.5 Å². The fourth-order valence-electron chi connectivity index (χ4n) is 8.24. The number of imidazole rings is 1. The second-order valence-corrected chi connectivity index (χ2v) is 16.6. The average Bonchev–Trinajstić information content (AvgIpc) is 3.87. The second-order valence-electron chi connectivity index (χ2n) is 16.6. The van der Waals surface area contributed by atoms with E-state index in [4.69, 9.17) is 30.9 Å². The van der Waals surface area contributed by atoms with Crippen molar-refractivity contribution in [3.05, 3.63) is 86.9 Å². The molecule has 0 radical (unpaired) electrons. The summed E-state index contributed by atoms with van der Waals surface area (Å²) in [5.74, 6) is 2.11. The lowest BCUT2D eigenvalue weighted by Gasteiger charge is -2.33. The van der Waals surface area contributed by atoms with Gasteiger partial charge >= 0.3 is 17.7 Å². The van der Waals surface area contributed by atoms with Crippen LogP contribution < -0.4 is 26.6 Å². The smallest absolute Gasteiger partial charge is 0.328 e. The van der Waals surface area contributed by atoms with E-state index >= 15 is 0 Å². The van der Waals surface area contributed by atoms with Crippen molar-refractivity contribution in [2.45, 2.75) is 110 Å². The Bertz CT molecular complexity index is 2470. The molecule has 0 bridgehead atoms. The minimum absolute atomic E-state index is 0.129. The SMILES string of the molecule is CCCCOc1nc(N)c2[nH]c(=O)n(Cc3ccc(CN4CCC(c5nnc6n5CCN(C(=O)CCCCCO/N=C(/C)c5ccc(C[C@H](N)C(=O)O)cc5)C6)CC4)cc3OC)c2n1. The number of H-pyrrole nitrogens is 1. The third-order valence-electron chi connectivity index (χ3n) is 12.0. The van der Waals surface area contributed by atoms with Crippen molar-refractivity contribution < 1.29 is 29.0 Å². The normalized spacial score (nSPS) is 15.3. The summed E-state index contributed by atoms with van der Waals surface area (Å²) in [7, 11) is 1.63. The van der Waals surface area contributed by atoms with E-state index in [1.54, 1.807) is 7.11 Å². The number of fused-ring (bicyclic) bond motifs is 2. The number of aromatic amines is 1. The molecule has 3 aromatic heterocycles. The minimum Gasteiger partial charge on any atom is -0.496 e. The number of benzene rings is 2. The van der Waals surface area contributed by atoms with E-state index in [0.717, 1.165) is 104 Å². The van der Waals surface area contributed by atoms with Gasteiger partial charge in [-0.3, -0.25) is 19.1 Å². The van der Waals surface area contributed by atoms with Crippen molar-refractivity contribution in [2.75, 3.05) is 45.7 Å². The first-order valence-corrected chi connectivity index (χ1v) is 22.2. The van der Waals surface area contributed by atoms with Crippen LogP contribution >= 0.6 is 0 Å². The van der Waals surface area contributed by atoms with E-state index in [1.807, 2.05) is 48.2 Å². The molecule has 1 amide bonds. The quantitative estimate of drug-likeness (QED) is 0.0459. The fourth-order valence-corrected chi connectivity index (χ4v) is 8.24. The topological polar surface area (TPSA) is 247 Å². The predicted octanol–water partition coefficient (Wildman–Crippen LogP) is 4.21. The first-order valence-electron chi connectivity index (χ1n) is 22.2. The highest BCUT2D eigenvalue weighted by Crippen LogP contribution is 2.31. The molecular weight excluding hydrogens is 821 g/mol. The number of anilines is 1. The lowest BCUT2D eigenvalue weighted by atomic mass is 9.95. The summed E-state index contributed by atoms with van der Waals surface area (Å²) in [5.41, 5.74) is 16.6. The van der Waals surface area contributed by atoms with Crippen LogP contribution in [0.15, 0.2) is 52.4 Å². The van der Waals surface area contributed by atoms with Gasteiger partial charge < -0.3 is 45.3 Å². The summed E-state index contributed by atoms with van der Waals surface area (Å²) >= 11 is 0. The number of carbonyl (C=O) groups is 2. The van der Waals surface area contributed by atoms with Crippen molar-refractivity contribution in [2.24, 2.45) is 10.9 Å². The molecule has 342 valence electrons. The summed E-state index contributed by atoms with van der Waals surface area (Å²) in [5, 5.41) is 22.4. The number of nitrogens with two attached hydrogens (primary N) is 2. The number of unbranched alkanes of at least 4 members (excludes halogenated alkanes) is 3. The molecular formula is C45H60N12O7.